The van der Waals surface area contributed by atoms with Crippen molar-refractivity contribution in [2.75, 3.05) is 0 Å². The molecule has 6 aromatic rings. The Labute approximate surface area is 586 Å². The van der Waals surface area contributed by atoms with Crippen LogP contribution in [0, 0.1) is 20.8 Å². The van der Waals surface area contributed by atoms with Crippen molar-refractivity contribution < 1.29 is 43.9 Å². The Morgan fingerprint density at radius 3 is 0.804 bits per heavy atom. The van der Waals surface area contributed by atoms with Gasteiger partial charge in [0.25, 0.3) is 0 Å². The topological polar surface area (TPSA) is 140 Å². The van der Waals surface area contributed by atoms with E-state index in [0.29, 0.717) is 60.2 Å². The van der Waals surface area contributed by atoms with Crippen molar-refractivity contribution in [3.8, 4) is 34.5 Å². The summed E-state index contributed by atoms with van der Waals surface area (Å²) in [6.07, 6.45) is 1.80. The fourth-order valence-corrected chi connectivity index (χ4v) is 14.1. The third-order valence-electron chi connectivity index (χ3n) is 19.6. The lowest BCUT2D eigenvalue weighted by molar-refractivity contribution is -0.135. The maximum absolute atomic E-state index is 14.9. The highest BCUT2D eigenvalue weighted by Crippen LogP contribution is 2.50. The van der Waals surface area contributed by atoms with Gasteiger partial charge in [0.05, 0.1) is 0 Å². The van der Waals surface area contributed by atoms with Gasteiger partial charge in [0.2, 0.25) is 0 Å². The number of phenols is 3. The van der Waals surface area contributed by atoms with E-state index in [0.717, 1.165) is 100 Å². The van der Waals surface area contributed by atoms with Gasteiger partial charge in [-0.3, -0.25) is 14.4 Å². The summed E-state index contributed by atoms with van der Waals surface area (Å²) in [5, 5.41) is 35.3. The molecule has 9 nitrogen and oxygen atoms in total. The van der Waals surface area contributed by atoms with Crippen LogP contribution in [-0.4, -0.2) is 33.2 Å². The lowest BCUT2D eigenvalue weighted by Crippen LogP contribution is -2.21. The van der Waals surface area contributed by atoms with Crippen LogP contribution in [0.25, 0.3) is 0 Å². The van der Waals surface area contributed by atoms with Gasteiger partial charge in [0, 0.05) is 53.0 Å². The van der Waals surface area contributed by atoms with Crippen LogP contribution < -0.4 is 14.2 Å². The lowest BCUT2D eigenvalue weighted by atomic mass is 9.75. The molecule has 6 rings (SSSR count). The van der Waals surface area contributed by atoms with Crippen LogP contribution in [0.5, 0.6) is 34.5 Å². The summed E-state index contributed by atoms with van der Waals surface area (Å²) in [5.41, 5.74) is 13.2. The number of carbonyl (C=O) groups excluding carboxylic acids is 3. The molecule has 97 heavy (non-hydrogen) atoms. The molecule has 1 atom stereocenters. The molecule has 530 valence electrons. The zero-order chi connectivity index (χ0) is 73.8. The van der Waals surface area contributed by atoms with Crippen LogP contribution in [-0.2, 0) is 82.4 Å². The Kier molecular flexibility index (Phi) is 23.2. The Balaban J connectivity index is 1.56. The van der Waals surface area contributed by atoms with Gasteiger partial charge < -0.3 is 29.5 Å². The number of aromatic hydroxyl groups is 3. The van der Waals surface area contributed by atoms with Gasteiger partial charge in [0.15, 0.2) is 0 Å². The molecule has 0 fully saturated rings. The minimum atomic E-state index is -0.593. The molecule has 0 aliphatic heterocycles. The Bertz CT molecular complexity index is 3730. The largest absolute Gasteiger partial charge is 0.507 e. The molecule has 0 aliphatic carbocycles. The Morgan fingerprint density at radius 2 is 0.577 bits per heavy atom. The van der Waals surface area contributed by atoms with Crippen LogP contribution >= 0.6 is 0 Å². The predicted molar refractivity (Wildman–Crippen MR) is 403 cm³/mol. The van der Waals surface area contributed by atoms with E-state index in [2.05, 4.69) is 230 Å². The van der Waals surface area contributed by atoms with Crippen molar-refractivity contribution in [1.82, 2.24) is 0 Å². The number of hydrogen-bond acceptors (Lipinski definition) is 9. The number of ether oxygens (including phenoxy) is 3. The number of carbonyl (C=O) groups is 3. The summed E-state index contributed by atoms with van der Waals surface area (Å²) in [6, 6.07) is 24.5. The first-order valence-electron chi connectivity index (χ1n) is 35.6. The monoisotopic (exact) mass is 1320 g/mol. The smallest absolute Gasteiger partial charge is 0.311 e. The van der Waals surface area contributed by atoms with Crippen molar-refractivity contribution >= 4 is 17.9 Å². The molecular weight excluding hydrogens is 1200 g/mol. The number of benzene rings is 6. The van der Waals surface area contributed by atoms with E-state index in [4.69, 9.17) is 14.2 Å². The lowest BCUT2D eigenvalue weighted by Gasteiger charge is -2.31. The van der Waals surface area contributed by atoms with E-state index in [1.807, 2.05) is 57.2 Å². The standard InChI is InChI=1S/C88H124O9/c1-51(61-48-58(80(5,6)7)35-38-68(61)95-71(89)41-32-55-45-65(83(14,15)16)77(92)74(52(55)2)86(23,24)25)44-62(63-49-59(81(8,9)10)36-39-69(63)96-72(90)42-33-56-46-66(84(17,18)19)78(93)75(53(56)3)87(26,27)28)64-50-60(82(11,12)13)37-40-70(64)97-73(91)43-34-57-47-67(85(20,21)22)79(94)76(54(57)4)88(29,30)31/h35-40,45-51,62,92-94H,32-34,41-44H2,1-31H3. The van der Waals surface area contributed by atoms with Crippen molar-refractivity contribution in [3.63, 3.8) is 0 Å². The molecule has 6 aromatic carbocycles. The average molecular weight is 1330 g/mol. The molecule has 1 unspecified atom stereocenters. The third kappa shape index (κ3) is 18.9. The Hall–Kier alpha value is -6.87. The van der Waals surface area contributed by atoms with E-state index >= 15 is 0 Å². The second kappa shape index (κ2) is 28.4. The van der Waals surface area contributed by atoms with Crippen molar-refractivity contribution in [3.05, 3.63) is 173 Å². The summed E-state index contributed by atoms with van der Waals surface area (Å²) in [6.45, 7) is 65.6. The molecule has 0 saturated carbocycles. The molecule has 3 N–H and O–H groups in total. The first-order chi connectivity index (χ1) is 43.9. The normalized spacial score (nSPS) is 13.5. The molecule has 9 heteroatoms. The molecule has 0 amide bonds. The van der Waals surface area contributed by atoms with Crippen molar-refractivity contribution in [2.45, 2.75) is 320 Å². The maximum Gasteiger partial charge on any atom is 0.311 e. The summed E-state index contributed by atoms with van der Waals surface area (Å²) >= 11 is 0. The highest BCUT2D eigenvalue weighted by atomic mass is 16.5. The van der Waals surface area contributed by atoms with Gasteiger partial charge >= 0.3 is 17.9 Å². The van der Waals surface area contributed by atoms with Crippen LogP contribution in [0.2, 0.25) is 0 Å². The predicted octanol–water partition coefficient (Wildman–Crippen LogP) is 22.3. The fourth-order valence-electron chi connectivity index (χ4n) is 14.1. The highest BCUT2D eigenvalue weighted by molar-refractivity contribution is 5.76. The van der Waals surface area contributed by atoms with Crippen LogP contribution in [0.15, 0.2) is 72.8 Å². The molecular formula is C88H124O9. The Morgan fingerprint density at radius 1 is 0.340 bits per heavy atom. The van der Waals surface area contributed by atoms with Crippen LogP contribution in [0.1, 0.15) is 332 Å². The summed E-state index contributed by atoms with van der Waals surface area (Å²) in [7, 11) is 0. The second-order valence-corrected chi connectivity index (χ2v) is 37.4. The zero-order valence-electron chi connectivity index (χ0n) is 65.8. The van der Waals surface area contributed by atoms with Crippen LogP contribution in [0.4, 0.5) is 0 Å². The van der Waals surface area contributed by atoms with Gasteiger partial charge in [0.1, 0.15) is 34.5 Å². The second-order valence-electron chi connectivity index (χ2n) is 37.4. The zero-order valence-corrected chi connectivity index (χ0v) is 65.8. The van der Waals surface area contributed by atoms with Crippen molar-refractivity contribution in [1.29, 1.82) is 0 Å². The summed E-state index contributed by atoms with van der Waals surface area (Å²) in [4.78, 5) is 44.4. The van der Waals surface area contributed by atoms with E-state index in [-0.39, 0.29) is 79.9 Å². The highest BCUT2D eigenvalue weighted by Gasteiger charge is 2.36. The quantitative estimate of drug-likeness (QED) is 0.0601. The van der Waals surface area contributed by atoms with E-state index < -0.39 is 17.9 Å². The van der Waals surface area contributed by atoms with Crippen LogP contribution in [0.3, 0.4) is 0 Å². The first kappa shape index (κ1) is 79.1. The number of aryl methyl sites for hydroxylation is 3. The van der Waals surface area contributed by atoms with E-state index in [1.54, 1.807) is 0 Å². The van der Waals surface area contributed by atoms with E-state index in [1.165, 1.54) is 0 Å². The fraction of sp³-hybridized carbons (Fsp3) is 0.557. The minimum Gasteiger partial charge on any atom is -0.507 e. The SMILES string of the molecule is Cc1c(CCC(=O)Oc2ccc(C(C)(C)C)cc2C(C)CC(c2cc(C(C)(C)C)ccc2OC(=O)CCc2cc(C(C)(C)C)c(O)c(C(C)(C)C)c2C)c2cc(C(C)(C)C)ccc2OC(=O)CCc2cc(C(C)(C)C)c(O)c(C(C)(C)C)c2C)cc(C(C)(C)C)c(O)c1C(C)(C)C. The number of rotatable bonds is 17. The number of phenolic OH excluding ortho intramolecular Hbond substituents is 3. The average Bonchev–Trinajstić information content (AvgIpc) is 0.786. The van der Waals surface area contributed by atoms with Crippen molar-refractivity contribution in [2.24, 2.45) is 0 Å². The molecule has 0 saturated heterocycles. The molecule has 0 heterocycles. The maximum atomic E-state index is 14.9. The summed E-state index contributed by atoms with van der Waals surface area (Å²) in [5.74, 6) is -0.0157. The van der Waals surface area contributed by atoms with Gasteiger partial charge in [-0.25, -0.2) is 0 Å². The van der Waals surface area contributed by atoms with E-state index in [9.17, 15) is 29.7 Å². The molecule has 0 aliphatic rings. The molecule has 0 spiro atoms. The molecule has 0 radical (unpaired) electrons. The summed E-state index contributed by atoms with van der Waals surface area (Å²) < 4.78 is 20.1. The van der Waals surface area contributed by atoms with Gasteiger partial charge in [-0.1, -0.05) is 248 Å². The van der Waals surface area contributed by atoms with Gasteiger partial charge in [-0.05, 0) is 192 Å². The molecule has 0 bridgehead atoms. The first-order valence-corrected chi connectivity index (χ1v) is 35.6. The number of esters is 3. The molecule has 0 aromatic heterocycles. The minimum absolute atomic E-state index is 0.0633. The third-order valence-corrected chi connectivity index (χ3v) is 19.6. The van der Waals surface area contributed by atoms with Gasteiger partial charge in [-0.2, -0.15) is 0 Å². The van der Waals surface area contributed by atoms with Gasteiger partial charge in [-0.15, -0.1) is 0 Å². The number of hydrogen-bond donors (Lipinski definition) is 3.